The summed E-state index contributed by atoms with van der Waals surface area (Å²) < 4.78 is 24.8. The smallest absolute Gasteiger partial charge is 0.255 e. The molecule has 1 aromatic heterocycles. The molecule has 1 rings (SSSR count). The van der Waals surface area contributed by atoms with Crippen LogP contribution >= 0.6 is 0 Å². The van der Waals surface area contributed by atoms with Gasteiger partial charge in [-0.1, -0.05) is 13.8 Å². The van der Waals surface area contributed by atoms with Gasteiger partial charge in [0.2, 0.25) is 0 Å². The molecule has 0 saturated heterocycles. The highest BCUT2D eigenvalue weighted by atomic mass is 19.3. The lowest BCUT2D eigenvalue weighted by atomic mass is 10.2. The Kier molecular flexibility index (Phi) is 5.25. The van der Waals surface area contributed by atoms with Crippen LogP contribution in [0.2, 0.25) is 0 Å². The Morgan fingerprint density at radius 3 is 2.50 bits per heavy atom. The normalized spacial score (nSPS) is 11.1. The number of nitrogens with zero attached hydrogens (tertiary/aromatic N) is 3. The molecule has 0 aliphatic carbocycles. The molecule has 1 aromatic rings. The first kappa shape index (κ1) is 14.6. The minimum atomic E-state index is -2.38. The Morgan fingerprint density at radius 2 is 2.00 bits per heavy atom. The summed E-state index contributed by atoms with van der Waals surface area (Å²) in [5, 5.41) is 3.09. The maximum atomic E-state index is 12.4. The first-order valence-corrected chi connectivity index (χ1v) is 6.06. The summed E-state index contributed by atoms with van der Waals surface area (Å²) in [4.78, 5) is 10.1. The van der Waals surface area contributed by atoms with E-state index in [1.807, 2.05) is 20.8 Å². The number of halogens is 2. The van der Waals surface area contributed by atoms with Crippen LogP contribution in [0.3, 0.4) is 0 Å². The zero-order chi connectivity index (χ0) is 13.7. The van der Waals surface area contributed by atoms with E-state index in [0.29, 0.717) is 17.5 Å². The van der Waals surface area contributed by atoms with Crippen molar-refractivity contribution in [2.24, 2.45) is 0 Å². The minimum Gasteiger partial charge on any atom is -0.370 e. The molecule has 6 heteroatoms. The topological polar surface area (TPSA) is 41.0 Å². The van der Waals surface area contributed by atoms with Crippen molar-refractivity contribution in [1.82, 2.24) is 9.97 Å². The molecular weight excluding hydrogens is 238 g/mol. The second-order valence-electron chi connectivity index (χ2n) is 4.43. The third-order valence-corrected chi connectivity index (χ3v) is 2.41. The van der Waals surface area contributed by atoms with Crippen LogP contribution in [0.25, 0.3) is 0 Å². The van der Waals surface area contributed by atoms with Gasteiger partial charge < -0.3 is 10.2 Å². The molecule has 0 amide bonds. The molecule has 0 aliphatic heterocycles. The molecule has 1 heterocycles. The summed E-state index contributed by atoms with van der Waals surface area (Å²) >= 11 is 0. The van der Waals surface area contributed by atoms with E-state index in [1.165, 1.54) is 4.90 Å². The molecule has 0 radical (unpaired) electrons. The van der Waals surface area contributed by atoms with Gasteiger partial charge in [0.15, 0.2) is 0 Å². The highest BCUT2D eigenvalue weighted by Crippen LogP contribution is 2.19. The lowest BCUT2D eigenvalue weighted by Gasteiger charge is -2.19. The van der Waals surface area contributed by atoms with E-state index in [9.17, 15) is 8.78 Å². The van der Waals surface area contributed by atoms with Crippen molar-refractivity contribution in [1.29, 1.82) is 0 Å². The highest BCUT2D eigenvalue weighted by molar-refractivity contribution is 5.49. The molecular formula is C12H20F2N4. The number of rotatable bonds is 6. The maximum Gasteiger partial charge on any atom is 0.255 e. The number of alkyl halides is 2. The molecule has 0 atom stereocenters. The fraction of sp³-hybridized carbons (Fsp3) is 0.667. The van der Waals surface area contributed by atoms with Crippen molar-refractivity contribution in [2.75, 3.05) is 30.4 Å². The summed E-state index contributed by atoms with van der Waals surface area (Å²) in [6.45, 7) is 6.30. The van der Waals surface area contributed by atoms with Crippen LogP contribution in [-0.4, -0.2) is 36.5 Å². The van der Waals surface area contributed by atoms with Crippen molar-refractivity contribution in [3.8, 4) is 0 Å². The fourth-order valence-corrected chi connectivity index (χ4v) is 1.48. The van der Waals surface area contributed by atoms with Gasteiger partial charge in [-0.25, -0.2) is 18.7 Å². The first-order valence-electron chi connectivity index (χ1n) is 6.06. The number of hydrogen-bond donors (Lipinski definition) is 1. The second kappa shape index (κ2) is 6.47. The summed E-state index contributed by atoms with van der Waals surface area (Å²) in [6.07, 6.45) is -2.38. The second-order valence-corrected chi connectivity index (χ2v) is 4.43. The molecule has 0 aromatic carbocycles. The third kappa shape index (κ3) is 4.09. The molecule has 0 fully saturated rings. The quantitative estimate of drug-likeness (QED) is 0.851. The monoisotopic (exact) mass is 258 g/mol. The molecule has 0 saturated carbocycles. The molecule has 0 bridgehead atoms. The average Bonchev–Trinajstić information content (AvgIpc) is 2.28. The van der Waals surface area contributed by atoms with E-state index < -0.39 is 6.43 Å². The van der Waals surface area contributed by atoms with E-state index >= 15 is 0 Å². The van der Waals surface area contributed by atoms with Crippen molar-refractivity contribution < 1.29 is 8.78 Å². The SMILES string of the molecule is CCNc1cc(N(C)CC(F)F)nc(C(C)C)n1. The van der Waals surface area contributed by atoms with E-state index in [2.05, 4.69) is 15.3 Å². The van der Waals surface area contributed by atoms with Crippen molar-refractivity contribution in [3.05, 3.63) is 11.9 Å². The van der Waals surface area contributed by atoms with Crippen LogP contribution in [0.5, 0.6) is 0 Å². The molecule has 0 aliphatic rings. The van der Waals surface area contributed by atoms with Gasteiger partial charge in [0.1, 0.15) is 17.5 Å². The lowest BCUT2D eigenvalue weighted by molar-refractivity contribution is 0.156. The highest BCUT2D eigenvalue weighted by Gasteiger charge is 2.13. The molecule has 1 N–H and O–H groups in total. The van der Waals surface area contributed by atoms with Gasteiger partial charge >= 0.3 is 0 Å². The Balaban J connectivity index is 3.02. The van der Waals surface area contributed by atoms with Crippen molar-refractivity contribution in [2.45, 2.75) is 33.1 Å². The molecule has 4 nitrogen and oxygen atoms in total. The zero-order valence-corrected chi connectivity index (χ0v) is 11.2. The standard InChI is InChI=1S/C12H20F2N4/c1-5-15-10-6-11(18(4)7-9(13)14)17-12(16-10)8(2)3/h6,8-9H,5,7H2,1-4H3,(H,15,16,17). The van der Waals surface area contributed by atoms with E-state index in [-0.39, 0.29) is 12.5 Å². The Labute approximate surface area is 106 Å². The predicted molar refractivity (Wildman–Crippen MR) is 69.6 cm³/mol. The third-order valence-electron chi connectivity index (χ3n) is 2.41. The van der Waals surface area contributed by atoms with Gasteiger partial charge in [-0.05, 0) is 6.92 Å². The van der Waals surface area contributed by atoms with E-state index in [0.717, 1.165) is 6.54 Å². The summed E-state index contributed by atoms with van der Waals surface area (Å²) in [5.41, 5.74) is 0. The van der Waals surface area contributed by atoms with Gasteiger partial charge in [0, 0.05) is 25.6 Å². The fourth-order valence-electron chi connectivity index (χ4n) is 1.48. The zero-order valence-electron chi connectivity index (χ0n) is 11.2. The summed E-state index contributed by atoms with van der Waals surface area (Å²) in [7, 11) is 1.61. The minimum absolute atomic E-state index is 0.155. The van der Waals surface area contributed by atoms with Crippen molar-refractivity contribution in [3.63, 3.8) is 0 Å². The lowest BCUT2D eigenvalue weighted by Crippen LogP contribution is -2.25. The van der Waals surface area contributed by atoms with E-state index in [1.54, 1.807) is 13.1 Å². The van der Waals surface area contributed by atoms with Gasteiger partial charge in [-0.2, -0.15) is 0 Å². The molecule has 0 spiro atoms. The van der Waals surface area contributed by atoms with Gasteiger partial charge in [-0.15, -0.1) is 0 Å². The predicted octanol–water partition coefficient (Wildman–Crippen LogP) is 2.73. The van der Waals surface area contributed by atoms with Crippen LogP contribution in [0.4, 0.5) is 20.4 Å². The molecule has 0 unspecified atom stereocenters. The van der Waals surface area contributed by atoms with Crippen LogP contribution < -0.4 is 10.2 Å². The number of aromatic nitrogens is 2. The average molecular weight is 258 g/mol. The molecule has 18 heavy (non-hydrogen) atoms. The van der Waals surface area contributed by atoms with Gasteiger partial charge in [0.05, 0.1) is 6.54 Å². The van der Waals surface area contributed by atoms with Crippen LogP contribution in [0, 0.1) is 0 Å². The number of nitrogens with one attached hydrogen (secondary N) is 1. The van der Waals surface area contributed by atoms with Gasteiger partial charge in [-0.3, -0.25) is 0 Å². The number of anilines is 2. The van der Waals surface area contributed by atoms with Crippen LogP contribution in [0.15, 0.2) is 6.07 Å². The maximum absolute atomic E-state index is 12.4. The van der Waals surface area contributed by atoms with E-state index in [4.69, 9.17) is 0 Å². The van der Waals surface area contributed by atoms with Crippen LogP contribution in [-0.2, 0) is 0 Å². The summed E-state index contributed by atoms with van der Waals surface area (Å²) in [6, 6.07) is 1.69. The Morgan fingerprint density at radius 1 is 1.33 bits per heavy atom. The van der Waals surface area contributed by atoms with Crippen LogP contribution in [0.1, 0.15) is 32.5 Å². The van der Waals surface area contributed by atoms with Gasteiger partial charge in [0.25, 0.3) is 6.43 Å². The van der Waals surface area contributed by atoms with Crippen molar-refractivity contribution >= 4 is 11.6 Å². The number of hydrogen-bond acceptors (Lipinski definition) is 4. The largest absolute Gasteiger partial charge is 0.370 e. The Hall–Kier alpha value is -1.46. The summed E-state index contributed by atoms with van der Waals surface area (Å²) in [5.74, 6) is 2.00. The molecule has 102 valence electrons. The first-order chi connectivity index (χ1) is 8.43. The Bertz CT molecular complexity index is 382.